The van der Waals surface area contributed by atoms with E-state index in [0.717, 1.165) is 25.3 Å². The van der Waals surface area contributed by atoms with E-state index >= 15 is 0 Å². The molecule has 0 saturated heterocycles. The highest BCUT2D eigenvalue weighted by Gasteiger charge is 2.20. The number of carbonyl (C=O) groups excluding carboxylic acids is 1. The first-order chi connectivity index (χ1) is 9.79. The lowest BCUT2D eigenvalue weighted by Gasteiger charge is -2.27. The second-order valence-electron chi connectivity index (χ2n) is 5.78. The maximum absolute atomic E-state index is 12.4. The highest BCUT2D eigenvalue weighted by atomic mass is 16.2. The third-order valence-electron chi connectivity index (χ3n) is 4.19. The Morgan fingerprint density at radius 2 is 2.00 bits per heavy atom. The van der Waals surface area contributed by atoms with Gasteiger partial charge in [-0.15, -0.1) is 0 Å². The van der Waals surface area contributed by atoms with E-state index in [0.29, 0.717) is 19.5 Å². The molecule has 1 aliphatic rings. The third-order valence-corrected chi connectivity index (χ3v) is 4.19. The van der Waals surface area contributed by atoms with Crippen LogP contribution in [-0.2, 0) is 11.3 Å². The molecule has 0 aliphatic heterocycles. The van der Waals surface area contributed by atoms with E-state index in [1.807, 2.05) is 23.1 Å². The standard InChI is InChI=1S/C17H26N2O/c18-12-5-13-19(14-16-6-2-1-3-7-16)17(20)11-10-15-8-4-9-15/h1-3,6-7,15H,4-5,8-14,18H2. The number of hydrogen-bond acceptors (Lipinski definition) is 2. The number of nitrogens with zero attached hydrogens (tertiary/aromatic N) is 1. The van der Waals surface area contributed by atoms with Crippen LogP contribution in [0.5, 0.6) is 0 Å². The Morgan fingerprint density at radius 1 is 1.25 bits per heavy atom. The van der Waals surface area contributed by atoms with Gasteiger partial charge in [-0.05, 0) is 30.9 Å². The predicted octanol–water partition coefficient (Wildman–Crippen LogP) is 2.94. The van der Waals surface area contributed by atoms with Gasteiger partial charge in [0.15, 0.2) is 0 Å². The van der Waals surface area contributed by atoms with Crippen molar-refractivity contribution in [2.24, 2.45) is 11.7 Å². The lowest BCUT2D eigenvalue weighted by Crippen LogP contribution is -2.33. The fourth-order valence-electron chi connectivity index (χ4n) is 2.65. The van der Waals surface area contributed by atoms with Crippen molar-refractivity contribution in [3.8, 4) is 0 Å². The van der Waals surface area contributed by atoms with Crippen LogP contribution in [0.3, 0.4) is 0 Å². The monoisotopic (exact) mass is 274 g/mol. The normalized spacial score (nSPS) is 14.8. The molecular weight excluding hydrogens is 248 g/mol. The van der Waals surface area contributed by atoms with E-state index in [1.54, 1.807) is 0 Å². The van der Waals surface area contributed by atoms with Gasteiger partial charge in [-0.3, -0.25) is 4.79 Å². The molecule has 0 aromatic heterocycles. The van der Waals surface area contributed by atoms with Gasteiger partial charge in [-0.1, -0.05) is 49.6 Å². The highest BCUT2D eigenvalue weighted by Crippen LogP contribution is 2.30. The summed E-state index contributed by atoms with van der Waals surface area (Å²) in [6.45, 7) is 2.13. The number of hydrogen-bond donors (Lipinski definition) is 1. The number of rotatable bonds is 8. The third kappa shape index (κ3) is 4.64. The Hall–Kier alpha value is -1.35. The van der Waals surface area contributed by atoms with Gasteiger partial charge in [0.2, 0.25) is 5.91 Å². The van der Waals surface area contributed by atoms with Crippen LogP contribution in [0.25, 0.3) is 0 Å². The van der Waals surface area contributed by atoms with Gasteiger partial charge in [0.05, 0.1) is 0 Å². The topological polar surface area (TPSA) is 46.3 Å². The Morgan fingerprint density at radius 3 is 2.60 bits per heavy atom. The maximum Gasteiger partial charge on any atom is 0.222 e. The van der Waals surface area contributed by atoms with Crippen molar-refractivity contribution in [3.05, 3.63) is 35.9 Å². The van der Waals surface area contributed by atoms with Crippen LogP contribution in [0, 0.1) is 5.92 Å². The minimum absolute atomic E-state index is 0.286. The van der Waals surface area contributed by atoms with Crippen LogP contribution < -0.4 is 5.73 Å². The van der Waals surface area contributed by atoms with Crippen LogP contribution in [-0.4, -0.2) is 23.9 Å². The summed E-state index contributed by atoms with van der Waals surface area (Å²) in [4.78, 5) is 14.4. The van der Waals surface area contributed by atoms with Gasteiger partial charge in [-0.25, -0.2) is 0 Å². The van der Waals surface area contributed by atoms with Gasteiger partial charge < -0.3 is 10.6 Å². The van der Waals surface area contributed by atoms with Crippen molar-refractivity contribution in [2.45, 2.75) is 45.1 Å². The van der Waals surface area contributed by atoms with Crippen LogP contribution >= 0.6 is 0 Å². The molecule has 20 heavy (non-hydrogen) atoms. The van der Waals surface area contributed by atoms with Crippen molar-refractivity contribution in [2.75, 3.05) is 13.1 Å². The van der Waals surface area contributed by atoms with E-state index in [4.69, 9.17) is 5.73 Å². The van der Waals surface area contributed by atoms with Crippen LogP contribution in [0.4, 0.5) is 0 Å². The molecule has 2 rings (SSSR count). The summed E-state index contributed by atoms with van der Waals surface area (Å²) in [5.41, 5.74) is 6.78. The summed E-state index contributed by atoms with van der Waals surface area (Å²) >= 11 is 0. The molecule has 3 nitrogen and oxygen atoms in total. The van der Waals surface area contributed by atoms with Crippen molar-refractivity contribution >= 4 is 5.91 Å². The Kier molecular flexibility index (Phi) is 6.06. The summed E-state index contributed by atoms with van der Waals surface area (Å²) < 4.78 is 0. The SMILES string of the molecule is NCCCN(Cc1ccccc1)C(=O)CCC1CCC1. The lowest BCUT2D eigenvalue weighted by molar-refractivity contribution is -0.132. The molecule has 1 saturated carbocycles. The van der Waals surface area contributed by atoms with Gasteiger partial charge >= 0.3 is 0 Å². The fourth-order valence-corrected chi connectivity index (χ4v) is 2.65. The van der Waals surface area contributed by atoms with E-state index in [-0.39, 0.29) is 5.91 Å². The second-order valence-corrected chi connectivity index (χ2v) is 5.78. The van der Waals surface area contributed by atoms with Crippen LogP contribution in [0.2, 0.25) is 0 Å². The minimum Gasteiger partial charge on any atom is -0.338 e. The Balaban J connectivity index is 1.85. The zero-order valence-corrected chi connectivity index (χ0v) is 12.3. The molecule has 1 amide bonds. The quantitative estimate of drug-likeness (QED) is 0.792. The summed E-state index contributed by atoms with van der Waals surface area (Å²) in [5, 5.41) is 0. The van der Waals surface area contributed by atoms with Crippen molar-refractivity contribution in [1.29, 1.82) is 0 Å². The first kappa shape index (κ1) is 15.0. The zero-order chi connectivity index (χ0) is 14.2. The summed E-state index contributed by atoms with van der Waals surface area (Å²) in [7, 11) is 0. The van der Waals surface area contributed by atoms with Gasteiger partial charge in [0.1, 0.15) is 0 Å². The molecule has 110 valence electrons. The molecule has 2 N–H and O–H groups in total. The Bertz CT molecular complexity index is 401. The van der Waals surface area contributed by atoms with Crippen LogP contribution in [0.1, 0.15) is 44.1 Å². The molecule has 1 aromatic rings. The van der Waals surface area contributed by atoms with E-state index in [1.165, 1.54) is 24.8 Å². The summed E-state index contributed by atoms with van der Waals surface area (Å²) in [5.74, 6) is 1.08. The second kappa shape index (κ2) is 8.05. The number of amides is 1. The lowest BCUT2D eigenvalue weighted by atomic mass is 9.82. The molecule has 0 bridgehead atoms. The van der Waals surface area contributed by atoms with Gasteiger partial charge in [0.25, 0.3) is 0 Å². The van der Waals surface area contributed by atoms with E-state index in [9.17, 15) is 4.79 Å². The molecule has 1 fully saturated rings. The molecule has 0 heterocycles. The Labute approximate surface area is 122 Å². The largest absolute Gasteiger partial charge is 0.338 e. The minimum atomic E-state index is 0.286. The molecule has 0 radical (unpaired) electrons. The van der Waals surface area contributed by atoms with Gasteiger partial charge in [0, 0.05) is 19.5 Å². The zero-order valence-electron chi connectivity index (χ0n) is 12.3. The molecule has 0 atom stereocenters. The van der Waals surface area contributed by atoms with Crippen molar-refractivity contribution in [3.63, 3.8) is 0 Å². The van der Waals surface area contributed by atoms with Crippen molar-refractivity contribution in [1.82, 2.24) is 4.90 Å². The molecule has 0 spiro atoms. The summed E-state index contributed by atoms with van der Waals surface area (Å²) in [6.07, 6.45) is 6.61. The molecule has 0 unspecified atom stereocenters. The van der Waals surface area contributed by atoms with E-state index in [2.05, 4.69) is 12.1 Å². The number of nitrogens with two attached hydrogens (primary N) is 1. The van der Waals surface area contributed by atoms with Crippen molar-refractivity contribution < 1.29 is 4.79 Å². The molecular formula is C17H26N2O. The first-order valence-corrected chi connectivity index (χ1v) is 7.81. The van der Waals surface area contributed by atoms with E-state index < -0.39 is 0 Å². The van der Waals surface area contributed by atoms with Gasteiger partial charge in [-0.2, -0.15) is 0 Å². The summed E-state index contributed by atoms with van der Waals surface area (Å²) in [6, 6.07) is 10.2. The molecule has 1 aromatic carbocycles. The molecule has 3 heteroatoms. The number of benzene rings is 1. The first-order valence-electron chi connectivity index (χ1n) is 7.81. The maximum atomic E-state index is 12.4. The predicted molar refractivity (Wildman–Crippen MR) is 82.1 cm³/mol. The molecule has 1 aliphatic carbocycles. The number of carbonyl (C=O) groups is 1. The average Bonchev–Trinajstić information content (AvgIpc) is 2.42. The fraction of sp³-hybridized carbons (Fsp3) is 0.588. The average molecular weight is 274 g/mol. The van der Waals surface area contributed by atoms with Crippen LogP contribution in [0.15, 0.2) is 30.3 Å². The highest BCUT2D eigenvalue weighted by molar-refractivity contribution is 5.76. The smallest absolute Gasteiger partial charge is 0.222 e.